The van der Waals surface area contributed by atoms with E-state index < -0.39 is 11.7 Å². The standard InChI is InChI=1S/C12H10ClFN2OS/c13-9-2-1-3-10(14)11(9)16-5-8-4-7(6-18-8)12(15)17/h1-4,6,16H,5H2,(H2,15,17). The van der Waals surface area contributed by atoms with Gasteiger partial charge in [0.25, 0.3) is 0 Å². The van der Waals surface area contributed by atoms with Crippen LogP contribution < -0.4 is 11.1 Å². The van der Waals surface area contributed by atoms with Gasteiger partial charge in [-0.3, -0.25) is 4.79 Å². The fourth-order valence-electron chi connectivity index (χ4n) is 1.44. The number of primary amides is 1. The number of nitrogens with two attached hydrogens (primary N) is 1. The van der Waals surface area contributed by atoms with Gasteiger partial charge >= 0.3 is 0 Å². The second-order valence-electron chi connectivity index (χ2n) is 3.62. The Morgan fingerprint density at radius 2 is 2.28 bits per heavy atom. The van der Waals surface area contributed by atoms with Crippen molar-refractivity contribution in [3.8, 4) is 0 Å². The van der Waals surface area contributed by atoms with Crippen molar-refractivity contribution in [1.82, 2.24) is 0 Å². The normalized spacial score (nSPS) is 10.3. The molecule has 0 saturated carbocycles. The van der Waals surface area contributed by atoms with Crippen LogP contribution in [0.3, 0.4) is 0 Å². The molecule has 2 rings (SSSR count). The van der Waals surface area contributed by atoms with Crippen LogP contribution in [-0.2, 0) is 6.54 Å². The molecular weight excluding hydrogens is 275 g/mol. The molecule has 0 aliphatic rings. The zero-order chi connectivity index (χ0) is 13.1. The molecule has 3 N–H and O–H groups in total. The Balaban J connectivity index is 2.09. The maximum absolute atomic E-state index is 13.5. The van der Waals surface area contributed by atoms with Crippen LogP contribution in [0.15, 0.2) is 29.6 Å². The number of rotatable bonds is 4. The zero-order valence-corrected chi connectivity index (χ0v) is 10.8. The van der Waals surface area contributed by atoms with Gasteiger partial charge in [-0.25, -0.2) is 4.39 Å². The van der Waals surface area contributed by atoms with Crippen LogP contribution in [0.1, 0.15) is 15.2 Å². The first-order valence-electron chi connectivity index (χ1n) is 5.13. The average Bonchev–Trinajstić information content (AvgIpc) is 2.77. The Labute approximate surface area is 112 Å². The van der Waals surface area contributed by atoms with Gasteiger partial charge in [0, 0.05) is 16.8 Å². The lowest BCUT2D eigenvalue weighted by Gasteiger charge is -2.07. The minimum absolute atomic E-state index is 0.258. The molecular formula is C12H10ClFN2OS. The first-order chi connectivity index (χ1) is 8.58. The summed E-state index contributed by atoms with van der Waals surface area (Å²) in [6.07, 6.45) is 0. The topological polar surface area (TPSA) is 55.1 Å². The molecule has 2 aromatic rings. The van der Waals surface area contributed by atoms with E-state index in [1.165, 1.54) is 17.4 Å². The summed E-state index contributed by atoms with van der Waals surface area (Å²) in [5.74, 6) is -0.879. The third-order valence-electron chi connectivity index (χ3n) is 2.34. The van der Waals surface area contributed by atoms with E-state index in [2.05, 4.69) is 5.32 Å². The summed E-state index contributed by atoms with van der Waals surface area (Å²) in [6, 6.07) is 6.15. The minimum atomic E-state index is -0.471. The van der Waals surface area contributed by atoms with E-state index in [0.29, 0.717) is 17.1 Å². The van der Waals surface area contributed by atoms with E-state index >= 15 is 0 Å². The molecule has 0 unspecified atom stereocenters. The number of hydrogen-bond donors (Lipinski definition) is 2. The average molecular weight is 285 g/mol. The molecule has 0 fully saturated rings. The number of carbonyl (C=O) groups excluding carboxylic acids is 1. The number of nitrogens with one attached hydrogen (secondary N) is 1. The van der Waals surface area contributed by atoms with Gasteiger partial charge in [-0.05, 0) is 18.2 Å². The maximum atomic E-state index is 13.5. The number of hydrogen-bond acceptors (Lipinski definition) is 3. The first-order valence-corrected chi connectivity index (χ1v) is 6.39. The van der Waals surface area contributed by atoms with Gasteiger partial charge in [-0.1, -0.05) is 17.7 Å². The van der Waals surface area contributed by atoms with Crippen LogP contribution in [0.25, 0.3) is 0 Å². The second kappa shape index (κ2) is 5.37. The molecule has 0 saturated heterocycles. The molecule has 1 aromatic heterocycles. The molecule has 0 spiro atoms. The fourth-order valence-corrected chi connectivity index (χ4v) is 2.49. The molecule has 6 heteroatoms. The number of halogens is 2. The van der Waals surface area contributed by atoms with Gasteiger partial charge in [0.15, 0.2) is 0 Å². The van der Waals surface area contributed by atoms with E-state index in [-0.39, 0.29) is 5.69 Å². The fraction of sp³-hybridized carbons (Fsp3) is 0.0833. The number of anilines is 1. The van der Waals surface area contributed by atoms with Crippen LogP contribution in [0.2, 0.25) is 5.02 Å². The molecule has 1 aromatic carbocycles. The van der Waals surface area contributed by atoms with E-state index in [1.807, 2.05) is 0 Å². The van der Waals surface area contributed by atoms with Gasteiger partial charge in [0.2, 0.25) is 5.91 Å². The quantitative estimate of drug-likeness (QED) is 0.905. The van der Waals surface area contributed by atoms with Crippen molar-refractivity contribution in [2.24, 2.45) is 5.73 Å². The van der Waals surface area contributed by atoms with Crippen molar-refractivity contribution in [3.05, 3.63) is 50.9 Å². The highest BCUT2D eigenvalue weighted by molar-refractivity contribution is 7.10. The highest BCUT2D eigenvalue weighted by Gasteiger charge is 2.08. The summed E-state index contributed by atoms with van der Waals surface area (Å²) >= 11 is 7.26. The molecule has 0 bridgehead atoms. The van der Waals surface area contributed by atoms with E-state index in [9.17, 15) is 9.18 Å². The lowest BCUT2D eigenvalue weighted by Crippen LogP contribution is -2.09. The molecule has 0 aliphatic heterocycles. The molecule has 18 heavy (non-hydrogen) atoms. The highest BCUT2D eigenvalue weighted by Crippen LogP contribution is 2.26. The van der Waals surface area contributed by atoms with Crippen molar-refractivity contribution >= 4 is 34.5 Å². The minimum Gasteiger partial charge on any atom is -0.377 e. The molecule has 0 aliphatic carbocycles. The Morgan fingerprint density at radius 1 is 1.50 bits per heavy atom. The third kappa shape index (κ3) is 2.80. The Bertz CT molecular complexity index is 565. The molecule has 0 atom stereocenters. The van der Waals surface area contributed by atoms with Crippen molar-refractivity contribution < 1.29 is 9.18 Å². The first kappa shape index (κ1) is 12.9. The van der Waals surface area contributed by atoms with Crippen molar-refractivity contribution in [2.45, 2.75) is 6.54 Å². The predicted molar refractivity (Wildman–Crippen MR) is 71.6 cm³/mol. The summed E-state index contributed by atoms with van der Waals surface area (Å²) in [4.78, 5) is 11.8. The molecule has 1 amide bonds. The number of amides is 1. The number of para-hydroxylation sites is 1. The summed E-state index contributed by atoms with van der Waals surface area (Å²) < 4.78 is 13.5. The lowest BCUT2D eigenvalue weighted by atomic mass is 10.3. The SMILES string of the molecule is NC(=O)c1csc(CNc2c(F)cccc2Cl)c1. The number of thiophene rings is 1. The smallest absolute Gasteiger partial charge is 0.249 e. The Hall–Kier alpha value is -1.59. The van der Waals surface area contributed by atoms with Crippen LogP contribution in [0.5, 0.6) is 0 Å². The maximum Gasteiger partial charge on any atom is 0.249 e. The van der Waals surface area contributed by atoms with Crippen LogP contribution in [0.4, 0.5) is 10.1 Å². The van der Waals surface area contributed by atoms with Gasteiger partial charge in [-0.15, -0.1) is 11.3 Å². The van der Waals surface area contributed by atoms with Crippen LogP contribution >= 0.6 is 22.9 Å². The molecule has 3 nitrogen and oxygen atoms in total. The lowest BCUT2D eigenvalue weighted by molar-refractivity contribution is 0.100. The van der Waals surface area contributed by atoms with Crippen LogP contribution in [-0.4, -0.2) is 5.91 Å². The zero-order valence-electron chi connectivity index (χ0n) is 9.24. The van der Waals surface area contributed by atoms with Crippen molar-refractivity contribution in [1.29, 1.82) is 0 Å². The number of carbonyl (C=O) groups is 1. The summed E-state index contributed by atoms with van der Waals surface area (Å²) in [5.41, 5.74) is 5.86. The summed E-state index contributed by atoms with van der Waals surface area (Å²) in [6.45, 7) is 0.387. The Morgan fingerprint density at radius 3 is 2.89 bits per heavy atom. The van der Waals surface area contributed by atoms with Gasteiger partial charge < -0.3 is 11.1 Å². The van der Waals surface area contributed by atoms with E-state index in [4.69, 9.17) is 17.3 Å². The molecule has 94 valence electrons. The monoisotopic (exact) mass is 284 g/mol. The largest absolute Gasteiger partial charge is 0.377 e. The summed E-state index contributed by atoms with van der Waals surface area (Å²) in [5, 5.41) is 4.89. The molecule has 0 radical (unpaired) electrons. The van der Waals surface area contributed by atoms with E-state index in [0.717, 1.165) is 4.88 Å². The van der Waals surface area contributed by atoms with Crippen molar-refractivity contribution in [2.75, 3.05) is 5.32 Å². The second-order valence-corrected chi connectivity index (χ2v) is 5.02. The summed E-state index contributed by atoms with van der Waals surface area (Å²) in [7, 11) is 0. The van der Waals surface area contributed by atoms with E-state index in [1.54, 1.807) is 23.6 Å². The highest BCUT2D eigenvalue weighted by atomic mass is 35.5. The third-order valence-corrected chi connectivity index (χ3v) is 3.59. The predicted octanol–water partition coefficient (Wildman–Crippen LogP) is 3.25. The van der Waals surface area contributed by atoms with Crippen molar-refractivity contribution in [3.63, 3.8) is 0 Å². The van der Waals surface area contributed by atoms with Gasteiger partial charge in [-0.2, -0.15) is 0 Å². The number of benzene rings is 1. The van der Waals surface area contributed by atoms with Crippen LogP contribution in [0, 0.1) is 5.82 Å². The van der Waals surface area contributed by atoms with Gasteiger partial charge in [0.05, 0.1) is 16.3 Å². The molecule has 1 heterocycles. The Kier molecular flexibility index (Phi) is 3.84. The van der Waals surface area contributed by atoms with Gasteiger partial charge in [0.1, 0.15) is 5.82 Å².